The standard InChI is InChI=1S/C17H18N2O4S/c1-13-4-10-16(11-5-13)24(22,23)18-12-2-3-17(18)14-6-8-15(9-7-14)19(20)21/h4-11,17H,2-3,12H2,1H3. The fourth-order valence-electron chi connectivity index (χ4n) is 3.02. The van der Waals surface area contributed by atoms with Crippen LogP contribution in [0.4, 0.5) is 5.69 Å². The highest BCUT2D eigenvalue weighted by atomic mass is 32.2. The lowest BCUT2D eigenvalue weighted by Gasteiger charge is -2.24. The molecule has 0 N–H and O–H groups in total. The lowest BCUT2D eigenvalue weighted by molar-refractivity contribution is -0.384. The molecule has 2 aromatic rings. The maximum atomic E-state index is 12.9. The van der Waals surface area contributed by atoms with E-state index in [1.54, 1.807) is 36.4 Å². The van der Waals surface area contributed by atoms with Crippen molar-refractivity contribution in [3.8, 4) is 0 Å². The SMILES string of the molecule is Cc1ccc(S(=O)(=O)N2CCCC2c2ccc([N+](=O)[O-])cc2)cc1. The fourth-order valence-corrected chi connectivity index (χ4v) is 4.71. The number of hydrogen-bond acceptors (Lipinski definition) is 4. The second-order valence-corrected chi connectivity index (χ2v) is 7.83. The highest BCUT2D eigenvalue weighted by Gasteiger charge is 2.36. The Morgan fingerprint density at radius 2 is 1.71 bits per heavy atom. The predicted octanol–water partition coefficient (Wildman–Crippen LogP) is 3.43. The van der Waals surface area contributed by atoms with Crippen molar-refractivity contribution in [1.29, 1.82) is 0 Å². The fraction of sp³-hybridized carbons (Fsp3) is 0.294. The number of rotatable bonds is 4. The zero-order valence-electron chi connectivity index (χ0n) is 13.3. The van der Waals surface area contributed by atoms with Crippen LogP contribution in [0.3, 0.4) is 0 Å². The lowest BCUT2D eigenvalue weighted by atomic mass is 10.1. The highest BCUT2D eigenvalue weighted by molar-refractivity contribution is 7.89. The van der Waals surface area contributed by atoms with E-state index in [1.807, 2.05) is 6.92 Å². The number of sulfonamides is 1. The van der Waals surface area contributed by atoms with Gasteiger partial charge in [0.05, 0.1) is 15.9 Å². The summed E-state index contributed by atoms with van der Waals surface area (Å²) in [6.07, 6.45) is 1.48. The monoisotopic (exact) mass is 346 g/mol. The first-order valence-electron chi connectivity index (χ1n) is 7.72. The molecule has 0 aromatic heterocycles. The van der Waals surface area contributed by atoms with Crippen LogP contribution in [0.2, 0.25) is 0 Å². The molecule has 0 saturated carbocycles. The largest absolute Gasteiger partial charge is 0.269 e. The molecule has 3 rings (SSSR count). The van der Waals surface area contributed by atoms with Crippen LogP contribution in [0.1, 0.15) is 30.0 Å². The Balaban J connectivity index is 1.92. The van der Waals surface area contributed by atoms with Gasteiger partial charge >= 0.3 is 0 Å². The minimum atomic E-state index is -3.58. The van der Waals surface area contributed by atoms with E-state index in [0.717, 1.165) is 17.5 Å². The van der Waals surface area contributed by atoms with Gasteiger partial charge in [-0.15, -0.1) is 0 Å². The first kappa shape index (κ1) is 16.6. The molecule has 0 amide bonds. The lowest BCUT2D eigenvalue weighted by Crippen LogP contribution is -2.30. The quantitative estimate of drug-likeness (QED) is 0.627. The zero-order valence-corrected chi connectivity index (χ0v) is 14.1. The Labute approximate surface area is 140 Å². The number of hydrogen-bond donors (Lipinski definition) is 0. The topological polar surface area (TPSA) is 80.5 Å². The summed E-state index contributed by atoms with van der Waals surface area (Å²) in [4.78, 5) is 10.6. The highest BCUT2D eigenvalue weighted by Crippen LogP contribution is 2.37. The van der Waals surface area contributed by atoms with Crippen LogP contribution in [0.25, 0.3) is 0 Å². The molecule has 1 heterocycles. The average molecular weight is 346 g/mol. The van der Waals surface area contributed by atoms with E-state index in [4.69, 9.17) is 0 Å². The van der Waals surface area contributed by atoms with Crippen molar-refractivity contribution in [3.63, 3.8) is 0 Å². The molecule has 0 bridgehead atoms. The van der Waals surface area contributed by atoms with Crippen molar-refractivity contribution >= 4 is 15.7 Å². The summed E-state index contributed by atoms with van der Waals surface area (Å²) in [5.74, 6) is 0. The first-order chi connectivity index (χ1) is 11.4. The molecule has 1 unspecified atom stereocenters. The van der Waals surface area contributed by atoms with Gasteiger partial charge in [0.1, 0.15) is 0 Å². The summed E-state index contributed by atoms with van der Waals surface area (Å²) in [6, 6.07) is 12.7. The van der Waals surface area contributed by atoms with E-state index in [1.165, 1.54) is 16.4 Å². The molecule has 1 atom stereocenters. The summed E-state index contributed by atoms with van der Waals surface area (Å²) in [7, 11) is -3.58. The molecule has 6 nitrogen and oxygen atoms in total. The van der Waals surface area contributed by atoms with Crippen molar-refractivity contribution in [3.05, 3.63) is 69.8 Å². The Morgan fingerprint density at radius 1 is 1.08 bits per heavy atom. The minimum Gasteiger partial charge on any atom is -0.258 e. The van der Waals surface area contributed by atoms with Crippen LogP contribution in [-0.4, -0.2) is 24.2 Å². The molecule has 0 spiro atoms. The molecule has 126 valence electrons. The van der Waals surface area contributed by atoms with Gasteiger partial charge in [-0.3, -0.25) is 10.1 Å². The molecule has 1 aliphatic rings. The Hall–Kier alpha value is -2.25. The van der Waals surface area contributed by atoms with Gasteiger partial charge in [-0.25, -0.2) is 8.42 Å². The predicted molar refractivity (Wildman–Crippen MR) is 90.1 cm³/mol. The number of non-ortho nitro benzene ring substituents is 1. The Kier molecular flexibility index (Phi) is 4.38. The van der Waals surface area contributed by atoms with Gasteiger partial charge in [0.25, 0.3) is 5.69 Å². The van der Waals surface area contributed by atoms with Gasteiger partial charge in [-0.05, 0) is 37.5 Å². The second-order valence-electron chi connectivity index (χ2n) is 5.94. The number of nitrogens with zero attached hydrogens (tertiary/aromatic N) is 2. The first-order valence-corrected chi connectivity index (χ1v) is 9.16. The van der Waals surface area contributed by atoms with Gasteiger partial charge in [0.15, 0.2) is 0 Å². The molecule has 0 radical (unpaired) electrons. The number of benzene rings is 2. The Morgan fingerprint density at radius 3 is 2.29 bits per heavy atom. The van der Waals surface area contributed by atoms with Crippen molar-refractivity contribution in [2.45, 2.75) is 30.7 Å². The number of aryl methyl sites for hydroxylation is 1. The van der Waals surface area contributed by atoms with E-state index in [2.05, 4.69) is 0 Å². The summed E-state index contributed by atoms with van der Waals surface area (Å²) < 4.78 is 27.3. The van der Waals surface area contributed by atoms with Gasteiger partial charge in [-0.1, -0.05) is 29.8 Å². The van der Waals surface area contributed by atoms with Gasteiger partial charge in [-0.2, -0.15) is 4.31 Å². The average Bonchev–Trinajstić information content (AvgIpc) is 3.06. The molecule has 0 aliphatic carbocycles. The summed E-state index contributed by atoms with van der Waals surface area (Å²) in [5.41, 5.74) is 1.79. The molecule has 24 heavy (non-hydrogen) atoms. The maximum Gasteiger partial charge on any atom is 0.269 e. The van der Waals surface area contributed by atoms with E-state index in [9.17, 15) is 18.5 Å². The molecule has 1 saturated heterocycles. The van der Waals surface area contributed by atoms with Crippen LogP contribution in [0.15, 0.2) is 53.4 Å². The third-order valence-corrected chi connectivity index (χ3v) is 6.24. The van der Waals surface area contributed by atoms with Crippen LogP contribution in [0, 0.1) is 17.0 Å². The van der Waals surface area contributed by atoms with E-state index in [-0.39, 0.29) is 16.6 Å². The Bertz CT molecular complexity index is 845. The van der Waals surface area contributed by atoms with E-state index in [0.29, 0.717) is 13.0 Å². The van der Waals surface area contributed by atoms with Gasteiger partial charge in [0.2, 0.25) is 10.0 Å². The zero-order chi connectivity index (χ0) is 17.3. The summed E-state index contributed by atoms with van der Waals surface area (Å²) in [5, 5.41) is 10.8. The van der Waals surface area contributed by atoms with Crippen LogP contribution >= 0.6 is 0 Å². The molecule has 2 aromatic carbocycles. The third kappa shape index (κ3) is 3.05. The van der Waals surface area contributed by atoms with Crippen LogP contribution in [0.5, 0.6) is 0 Å². The smallest absolute Gasteiger partial charge is 0.258 e. The van der Waals surface area contributed by atoms with E-state index < -0.39 is 14.9 Å². The molecular formula is C17H18N2O4S. The molecular weight excluding hydrogens is 328 g/mol. The number of nitro benzene ring substituents is 1. The molecule has 1 fully saturated rings. The van der Waals surface area contributed by atoms with E-state index >= 15 is 0 Å². The van der Waals surface area contributed by atoms with Crippen LogP contribution in [-0.2, 0) is 10.0 Å². The molecule has 1 aliphatic heterocycles. The third-order valence-electron chi connectivity index (χ3n) is 4.32. The minimum absolute atomic E-state index is 0.00434. The van der Waals surface area contributed by atoms with Gasteiger partial charge in [0, 0.05) is 18.7 Å². The second kappa shape index (κ2) is 6.33. The van der Waals surface area contributed by atoms with Gasteiger partial charge < -0.3 is 0 Å². The maximum absolute atomic E-state index is 12.9. The van der Waals surface area contributed by atoms with Crippen molar-refractivity contribution in [2.24, 2.45) is 0 Å². The number of nitro groups is 1. The molecule has 7 heteroatoms. The summed E-state index contributed by atoms with van der Waals surface area (Å²) >= 11 is 0. The normalized spacial score (nSPS) is 18.6. The summed E-state index contributed by atoms with van der Waals surface area (Å²) in [6.45, 7) is 2.36. The van der Waals surface area contributed by atoms with Crippen molar-refractivity contribution in [1.82, 2.24) is 4.31 Å². The van der Waals surface area contributed by atoms with Crippen molar-refractivity contribution in [2.75, 3.05) is 6.54 Å². The van der Waals surface area contributed by atoms with Crippen LogP contribution < -0.4 is 0 Å². The van der Waals surface area contributed by atoms with Crippen molar-refractivity contribution < 1.29 is 13.3 Å².